The first kappa shape index (κ1) is 27.3. The Labute approximate surface area is 236 Å². The van der Waals surface area contributed by atoms with Crippen molar-refractivity contribution in [1.29, 1.82) is 0 Å². The molecular weight excluding hydrogens is 533 g/mol. The van der Waals surface area contributed by atoms with Gasteiger partial charge in [-0.1, -0.05) is 6.42 Å². The van der Waals surface area contributed by atoms with Gasteiger partial charge in [-0.05, 0) is 88.1 Å². The van der Waals surface area contributed by atoms with Crippen LogP contribution >= 0.6 is 11.8 Å². The van der Waals surface area contributed by atoms with E-state index in [0.717, 1.165) is 43.6 Å². The average molecular weight is 570 g/mol. The van der Waals surface area contributed by atoms with Gasteiger partial charge >= 0.3 is 5.69 Å². The van der Waals surface area contributed by atoms with Gasteiger partial charge in [0.15, 0.2) is 0 Å². The lowest BCUT2D eigenvalue weighted by Gasteiger charge is -2.31. The summed E-state index contributed by atoms with van der Waals surface area (Å²) in [6.45, 7) is 2.67. The Balaban J connectivity index is 1.18. The summed E-state index contributed by atoms with van der Waals surface area (Å²) >= 11 is 1.85. The molecular formula is C29H36FN5O4S. The smallest absolute Gasteiger partial charge is 0.333 e. The molecule has 1 amide bonds. The number of hydrogen-bond acceptors (Lipinski definition) is 7. The van der Waals surface area contributed by atoms with Crippen molar-refractivity contribution in [2.24, 2.45) is 0 Å². The predicted octanol–water partition coefficient (Wildman–Crippen LogP) is 4.26. The highest BCUT2D eigenvalue weighted by atomic mass is 32.2. The fraction of sp³-hybridized carbons (Fsp3) is 0.586. The second-order valence-electron chi connectivity index (χ2n) is 11.3. The van der Waals surface area contributed by atoms with Gasteiger partial charge in [0.05, 0.1) is 30.0 Å². The topological polar surface area (TPSA) is 102 Å². The first-order valence-electron chi connectivity index (χ1n) is 14.5. The summed E-state index contributed by atoms with van der Waals surface area (Å²) in [6.07, 6.45) is 10.3. The molecule has 0 bridgehead atoms. The first-order chi connectivity index (χ1) is 19.5. The zero-order valence-corrected chi connectivity index (χ0v) is 23.5. The molecule has 0 radical (unpaired) electrons. The summed E-state index contributed by atoms with van der Waals surface area (Å²) < 4.78 is 22.8. The van der Waals surface area contributed by atoms with E-state index in [0.29, 0.717) is 43.6 Å². The minimum Gasteiger partial charge on any atom is -0.467 e. The number of halogens is 1. The summed E-state index contributed by atoms with van der Waals surface area (Å²) in [4.78, 5) is 47.0. The van der Waals surface area contributed by atoms with Crippen molar-refractivity contribution < 1.29 is 13.6 Å². The second-order valence-corrected chi connectivity index (χ2v) is 12.5. The van der Waals surface area contributed by atoms with Crippen LogP contribution < -0.4 is 16.6 Å². The van der Waals surface area contributed by atoms with Crippen LogP contribution in [0.15, 0.2) is 38.6 Å². The van der Waals surface area contributed by atoms with Gasteiger partial charge < -0.3 is 9.73 Å². The number of aromatic nitrogens is 3. The van der Waals surface area contributed by atoms with Gasteiger partial charge in [0.1, 0.15) is 17.2 Å². The second kappa shape index (κ2) is 11.9. The van der Waals surface area contributed by atoms with Crippen molar-refractivity contribution in [3.63, 3.8) is 0 Å². The van der Waals surface area contributed by atoms with Crippen LogP contribution in [0, 0.1) is 5.82 Å². The molecule has 3 aromatic heterocycles. The monoisotopic (exact) mass is 569 g/mol. The summed E-state index contributed by atoms with van der Waals surface area (Å²) in [5.74, 6) is 1.82. The number of furan rings is 1. The SMILES string of the molecule is O=C(NC1CCC(n2c(=O)c3cc(F)cnc3n(C3CCSCC3)c2=O)CC1)c1ccoc1CN1CCCCC1. The molecule has 6 rings (SSSR count). The van der Waals surface area contributed by atoms with E-state index < -0.39 is 11.4 Å². The van der Waals surface area contributed by atoms with Crippen LogP contribution in [0.25, 0.3) is 11.0 Å². The van der Waals surface area contributed by atoms with Crippen molar-refractivity contribution in [2.45, 2.75) is 82.5 Å². The molecule has 214 valence electrons. The molecule has 1 N–H and O–H groups in total. The number of carbonyl (C=O) groups excluding carboxylic acids is 1. The van der Waals surface area contributed by atoms with E-state index in [4.69, 9.17) is 4.42 Å². The van der Waals surface area contributed by atoms with Gasteiger partial charge in [-0.2, -0.15) is 11.8 Å². The summed E-state index contributed by atoms with van der Waals surface area (Å²) in [5, 5.41) is 3.30. The Morgan fingerprint density at radius 3 is 2.50 bits per heavy atom. The zero-order chi connectivity index (χ0) is 27.6. The Hall–Kier alpha value is -2.92. The summed E-state index contributed by atoms with van der Waals surface area (Å²) in [6, 6.07) is 2.50. The molecule has 3 fully saturated rings. The Morgan fingerprint density at radius 1 is 1.02 bits per heavy atom. The quantitative estimate of drug-likeness (QED) is 0.473. The van der Waals surface area contributed by atoms with Crippen LogP contribution in [0.1, 0.15) is 86.0 Å². The van der Waals surface area contributed by atoms with Crippen LogP contribution in [-0.2, 0) is 6.54 Å². The number of piperidine rings is 1. The highest BCUT2D eigenvalue weighted by molar-refractivity contribution is 7.99. The predicted molar refractivity (Wildman–Crippen MR) is 152 cm³/mol. The van der Waals surface area contributed by atoms with E-state index in [1.165, 1.54) is 29.9 Å². The third kappa shape index (κ3) is 5.50. The largest absolute Gasteiger partial charge is 0.467 e. The number of nitrogens with zero attached hydrogens (tertiary/aromatic N) is 4. The van der Waals surface area contributed by atoms with Gasteiger partial charge in [0.25, 0.3) is 11.5 Å². The minimum absolute atomic E-state index is 0.0608. The molecule has 1 aliphatic carbocycles. The highest BCUT2D eigenvalue weighted by Crippen LogP contribution is 2.30. The zero-order valence-electron chi connectivity index (χ0n) is 22.6. The lowest BCUT2D eigenvalue weighted by molar-refractivity contribution is 0.0917. The number of carbonyl (C=O) groups is 1. The Bertz CT molecular complexity index is 1480. The molecule has 1 saturated carbocycles. The van der Waals surface area contributed by atoms with Crippen molar-refractivity contribution in [1.82, 2.24) is 24.3 Å². The Morgan fingerprint density at radius 2 is 1.75 bits per heavy atom. The number of nitrogens with one attached hydrogen (secondary N) is 1. The minimum atomic E-state index is -0.592. The van der Waals surface area contributed by atoms with E-state index in [9.17, 15) is 18.8 Å². The Kier molecular flexibility index (Phi) is 8.11. The maximum absolute atomic E-state index is 14.2. The third-order valence-electron chi connectivity index (χ3n) is 8.68. The lowest BCUT2D eigenvalue weighted by Crippen LogP contribution is -2.46. The molecule has 9 nitrogen and oxygen atoms in total. The molecule has 11 heteroatoms. The van der Waals surface area contributed by atoms with Gasteiger partial charge in [-0.3, -0.25) is 23.6 Å². The van der Waals surface area contributed by atoms with E-state index >= 15 is 0 Å². The number of amides is 1. The highest BCUT2D eigenvalue weighted by Gasteiger charge is 2.30. The average Bonchev–Trinajstić information content (AvgIpc) is 3.44. The molecule has 0 atom stereocenters. The van der Waals surface area contributed by atoms with Crippen LogP contribution in [0.3, 0.4) is 0 Å². The van der Waals surface area contributed by atoms with E-state index in [1.807, 2.05) is 11.8 Å². The van der Waals surface area contributed by atoms with Crippen LogP contribution in [0.5, 0.6) is 0 Å². The summed E-state index contributed by atoms with van der Waals surface area (Å²) in [7, 11) is 0. The molecule has 0 spiro atoms. The molecule has 3 aliphatic rings. The summed E-state index contributed by atoms with van der Waals surface area (Å²) in [5.41, 5.74) is -0.00381. The fourth-order valence-electron chi connectivity index (χ4n) is 6.53. The molecule has 3 aromatic rings. The lowest BCUT2D eigenvalue weighted by atomic mass is 9.90. The molecule has 2 aliphatic heterocycles. The van der Waals surface area contributed by atoms with Crippen LogP contribution in [-0.4, -0.2) is 55.6 Å². The molecule has 2 saturated heterocycles. The maximum atomic E-state index is 14.2. The van der Waals surface area contributed by atoms with Crippen molar-refractivity contribution >= 4 is 28.7 Å². The van der Waals surface area contributed by atoms with Gasteiger partial charge in [-0.25, -0.2) is 14.2 Å². The number of thioether (sulfide) groups is 1. The number of rotatable bonds is 6. The van der Waals surface area contributed by atoms with Crippen molar-refractivity contribution in [3.05, 3.63) is 62.6 Å². The fourth-order valence-corrected chi connectivity index (χ4v) is 7.61. The van der Waals surface area contributed by atoms with E-state index in [2.05, 4.69) is 15.2 Å². The molecule has 0 aromatic carbocycles. The number of fused-ring (bicyclic) bond motifs is 1. The van der Waals surface area contributed by atoms with Gasteiger partial charge in [-0.15, -0.1) is 0 Å². The van der Waals surface area contributed by atoms with Crippen molar-refractivity contribution in [2.75, 3.05) is 24.6 Å². The normalized spacial score (nSPS) is 22.9. The molecule has 40 heavy (non-hydrogen) atoms. The third-order valence-corrected chi connectivity index (χ3v) is 9.73. The van der Waals surface area contributed by atoms with Crippen molar-refractivity contribution in [3.8, 4) is 0 Å². The van der Waals surface area contributed by atoms with E-state index in [-0.39, 0.29) is 40.8 Å². The van der Waals surface area contributed by atoms with Crippen LogP contribution in [0.2, 0.25) is 0 Å². The number of pyridine rings is 1. The number of hydrogen-bond donors (Lipinski definition) is 1. The van der Waals surface area contributed by atoms with Gasteiger partial charge in [0.2, 0.25) is 0 Å². The van der Waals surface area contributed by atoms with Crippen LogP contribution in [0.4, 0.5) is 4.39 Å². The molecule has 0 unspecified atom stereocenters. The maximum Gasteiger partial charge on any atom is 0.333 e. The molecule has 5 heterocycles. The van der Waals surface area contributed by atoms with Gasteiger partial charge in [0, 0.05) is 18.1 Å². The number of likely N-dealkylation sites (tertiary alicyclic amines) is 1. The first-order valence-corrected chi connectivity index (χ1v) is 15.6. The standard InChI is InChI=1S/C29H36FN5O4S/c30-19-16-24-26(31-17-19)34(22-9-14-40-15-10-22)29(38)35(28(24)37)21-6-4-20(5-7-21)32-27(36)23-8-13-39-25(23)18-33-11-2-1-3-12-33/h8,13,16-17,20-22H,1-7,9-12,14-15,18H2,(H,32,36). The van der Waals surface area contributed by atoms with E-state index in [1.54, 1.807) is 16.9 Å².